The van der Waals surface area contributed by atoms with Crippen molar-refractivity contribution in [2.24, 2.45) is 0 Å². The zero-order valence-electron chi connectivity index (χ0n) is 12.8. The maximum absolute atomic E-state index is 11.8. The summed E-state index contributed by atoms with van der Waals surface area (Å²) in [5, 5.41) is 0. The van der Waals surface area contributed by atoms with Crippen molar-refractivity contribution in [3.05, 3.63) is 11.6 Å². The van der Waals surface area contributed by atoms with Crippen molar-refractivity contribution in [2.75, 3.05) is 13.7 Å². The predicted octanol–water partition coefficient (Wildman–Crippen LogP) is 1.80. The highest BCUT2D eigenvalue weighted by Gasteiger charge is 2.32. The Morgan fingerprint density at radius 1 is 1.35 bits per heavy atom. The molecule has 2 amide bonds. The first-order valence-electron chi connectivity index (χ1n) is 6.72. The molecule has 1 atom stereocenters. The fourth-order valence-corrected chi connectivity index (χ4v) is 1.93. The third-order valence-electron chi connectivity index (χ3n) is 3.02. The summed E-state index contributed by atoms with van der Waals surface area (Å²) < 4.78 is 5.10. The molecule has 6 nitrogen and oxygen atoms in total. The number of amides is 2. The van der Waals surface area contributed by atoms with E-state index in [-0.39, 0.29) is 18.4 Å². The molecule has 0 saturated heterocycles. The Morgan fingerprint density at radius 2 is 2.00 bits per heavy atom. The van der Waals surface area contributed by atoms with Gasteiger partial charge in [0.15, 0.2) is 0 Å². The van der Waals surface area contributed by atoms with Crippen LogP contribution in [0.5, 0.6) is 0 Å². The zero-order valence-corrected chi connectivity index (χ0v) is 12.8. The fraction of sp³-hybridized carbons (Fsp3) is 0.714. The van der Waals surface area contributed by atoms with Crippen LogP contribution in [0.4, 0.5) is 0 Å². The number of rotatable bonds is 8. The molecule has 1 aliphatic rings. The maximum Gasteiger partial charge on any atom is 0.256 e. The van der Waals surface area contributed by atoms with Crippen molar-refractivity contribution >= 4 is 11.8 Å². The molecule has 1 rings (SSSR count). The average Bonchev–Trinajstić information content (AvgIpc) is 2.60. The second-order valence-corrected chi connectivity index (χ2v) is 5.44. The highest BCUT2D eigenvalue weighted by atomic mass is 17.2. The van der Waals surface area contributed by atoms with Crippen LogP contribution in [0.25, 0.3) is 0 Å². The smallest absolute Gasteiger partial charge is 0.256 e. The molecule has 0 aromatic heterocycles. The van der Waals surface area contributed by atoms with Crippen LogP contribution in [0.2, 0.25) is 0 Å². The minimum atomic E-state index is -0.807. The van der Waals surface area contributed by atoms with Gasteiger partial charge in [0, 0.05) is 18.8 Å². The lowest BCUT2D eigenvalue weighted by atomic mass is 10.0. The van der Waals surface area contributed by atoms with E-state index in [1.54, 1.807) is 6.92 Å². The van der Waals surface area contributed by atoms with Crippen LogP contribution in [0.1, 0.15) is 40.5 Å². The second kappa shape index (κ2) is 6.97. The zero-order chi connectivity index (χ0) is 15.3. The van der Waals surface area contributed by atoms with Crippen LogP contribution < -0.4 is 0 Å². The standard InChI is InChI=1S/C14H23NO5/c1-6-7-14(3,4)20-19-12(18-5)9-15-11(16)8-10(2)13(15)17/h8,12H,6-7,9H2,1-5H3. The molecule has 6 heteroatoms. The van der Waals surface area contributed by atoms with E-state index in [0.29, 0.717) is 5.57 Å². The topological polar surface area (TPSA) is 65.1 Å². The van der Waals surface area contributed by atoms with Gasteiger partial charge in [-0.3, -0.25) is 14.5 Å². The van der Waals surface area contributed by atoms with E-state index in [9.17, 15) is 9.59 Å². The monoisotopic (exact) mass is 285 g/mol. The van der Waals surface area contributed by atoms with E-state index in [4.69, 9.17) is 14.5 Å². The number of imide groups is 1. The Kier molecular flexibility index (Phi) is 5.86. The highest BCUT2D eigenvalue weighted by molar-refractivity contribution is 6.15. The molecule has 1 unspecified atom stereocenters. The Hall–Kier alpha value is -1.24. The van der Waals surface area contributed by atoms with E-state index >= 15 is 0 Å². The number of carbonyl (C=O) groups excluding carboxylic acids is 2. The van der Waals surface area contributed by atoms with Gasteiger partial charge in [-0.15, -0.1) is 0 Å². The van der Waals surface area contributed by atoms with Crippen LogP contribution in [-0.4, -0.2) is 42.3 Å². The lowest BCUT2D eigenvalue weighted by molar-refractivity contribution is -0.416. The summed E-state index contributed by atoms with van der Waals surface area (Å²) in [6, 6.07) is 0. The lowest BCUT2D eigenvalue weighted by Crippen LogP contribution is -2.40. The lowest BCUT2D eigenvalue weighted by Gasteiger charge is -2.27. The molecule has 0 radical (unpaired) electrons. The molecular weight excluding hydrogens is 262 g/mol. The third-order valence-corrected chi connectivity index (χ3v) is 3.02. The van der Waals surface area contributed by atoms with Crippen molar-refractivity contribution in [1.82, 2.24) is 4.90 Å². The van der Waals surface area contributed by atoms with E-state index in [1.807, 2.05) is 13.8 Å². The molecular formula is C14H23NO5. The summed E-state index contributed by atoms with van der Waals surface area (Å²) in [6.07, 6.45) is 2.28. The molecule has 1 heterocycles. The van der Waals surface area contributed by atoms with E-state index in [2.05, 4.69) is 6.92 Å². The van der Waals surface area contributed by atoms with Crippen molar-refractivity contribution in [3.8, 4) is 0 Å². The first kappa shape index (κ1) is 16.8. The molecule has 0 aromatic carbocycles. The molecule has 1 aliphatic heterocycles. The van der Waals surface area contributed by atoms with Crippen LogP contribution >= 0.6 is 0 Å². The molecule has 0 aliphatic carbocycles. The van der Waals surface area contributed by atoms with Crippen LogP contribution in [0, 0.1) is 0 Å². The van der Waals surface area contributed by atoms with Gasteiger partial charge in [-0.25, -0.2) is 9.78 Å². The van der Waals surface area contributed by atoms with Gasteiger partial charge in [0.2, 0.25) is 6.29 Å². The highest BCUT2D eigenvalue weighted by Crippen LogP contribution is 2.19. The summed E-state index contributed by atoms with van der Waals surface area (Å²) in [6.45, 7) is 7.46. The van der Waals surface area contributed by atoms with Crippen molar-refractivity contribution in [3.63, 3.8) is 0 Å². The summed E-state index contributed by atoms with van der Waals surface area (Å²) in [7, 11) is 1.44. The quantitative estimate of drug-likeness (QED) is 0.294. The Morgan fingerprint density at radius 3 is 2.45 bits per heavy atom. The van der Waals surface area contributed by atoms with Gasteiger partial charge >= 0.3 is 0 Å². The van der Waals surface area contributed by atoms with Crippen LogP contribution in [0.3, 0.4) is 0 Å². The number of ether oxygens (including phenoxy) is 1. The van der Waals surface area contributed by atoms with Gasteiger partial charge in [-0.05, 0) is 27.2 Å². The summed E-state index contributed by atoms with van der Waals surface area (Å²) in [4.78, 5) is 35.0. The molecule has 0 N–H and O–H groups in total. The minimum Gasteiger partial charge on any atom is -0.352 e. The first-order chi connectivity index (χ1) is 9.30. The minimum absolute atomic E-state index is 0.00418. The van der Waals surface area contributed by atoms with Crippen molar-refractivity contribution in [1.29, 1.82) is 0 Å². The molecule has 20 heavy (non-hydrogen) atoms. The number of nitrogens with zero attached hydrogens (tertiary/aromatic N) is 1. The third kappa shape index (κ3) is 4.40. The average molecular weight is 285 g/mol. The van der Waals surface area contributed by atoms with Crippen LogP contribution in [0.15, 0.2) is 11.6 Å². The van der Waals surface area contributed by atoms with Gasteiger partial charge in [0.05, 0.1) is 12.1 Å². The van der Waals surface area contributed by atoms with Gasteiger partial charge in [0.1, 0.15) is 0 Å². The molecule has 0 saturated carbocycles. The van der Waals surface area contributed by atoms with Gasteiger partial charge in [-0.2, -0.15) is 0 Å². The molecule has 114 valence electrons. The predicted molar refractivity (Wildman–Crippen MR) is 72.4 cm³/mol. The Labute approximate surface area is 119 Å². The van der Waals surface area contributed by atoms with Crippen molar-refractivity contribution < 1.29 is 24.1 Å². The Balaban J connectivity index is 2.52. The maximum atomic E-state index is 11.8. The largest absolute Gasteiger partial charge is 0.352 e. The van der Waals surface area contributed by atoms with E-state index in [0.717, 1.165) is 17.7 Å². The number of carbonyl (C=O) groups is 2. The summed E-state index contributed by atoms with van der Waals surface area (Å²) in [5.41, 5.74) is -0.0317. The number of hydrogen-bond donors (Lipinski definition) is 0. The SMILES string of the molecule is CCCC(C)(C)OOC(CN1C(=O)C=C(C)C1=O)OC. The molecule has 0 aromatic rings. The summed E-state index contributed by atoms with van der Waals surface area (Å²) in [5.74, 6) is -0.681. The van der Waals surface area contributed by atoms with Gasteiger partial charge in [-0.1, -0.05) is 13.3 Å². The Bertz CT molecular complexity index is 402. The molecule has 0 bridgehead atoms. The number of hydrogen-bond acceptors (Lipinski definition) is 5. The first-order valence-corrected chi connectivity index (χ1v) is 6.72. The number of methoxy groups -OCH3 is 1. The van der Waals surface area contributed by atoms with E-state index < -0.39 is 11.9 Å². The van der Waals surface area contributed by atoms with Gasteiger partial charge in [0.25, 0.3) is 11.8 Å². The van der Waals surface area contributed by atoms with Crippen molar-refractivity contribution in [2.45, 2.75) is 52.4 Å². The second-order valence-electron chi connectivity index (χ2n) is 5.44. The van der Waals surface area contributed by atoms with E-state index in [1.165, 1.54) is 13.2 Å². The van der Waals surface area contributed by atoms with Gasteiger partial charge < -0.3 is 4.74 Å². The summed E-state index contributed by atoms with van der Waals surface area (Å²) >= 11 is 0. The fourth-order valence-electron chi connectivity index (χ4n) is 1.93. The molecule has 0 fully saturated rings. The van der Waals surface area contributed by atoms with Crippen LogP contribution in [-0.2, 0) is 24.1 Å². The normalized spacial score (nSPS) is 17.6. The molecule has 0 spiro atoms.